The van der Waals surface area contributed by atoms with Crippen LogP contribution in [0.5, 0.6) is 0 Å². The summed E-state index contributed by atoms with van der Waals surface area (Å²) >= 11 is 0. The standard InChI is InChI=1S/C18H13N3O2S/c22-24(23)12-11-21-10-4-7-16(18(21)20-24)17-9-8-15(13-19-17)14-5-2-1-3-6-14/h1-13H. The summed E-state index contributed by atoms with van der Waals surface area (Å²) in [7, 11) is -3.58. The smallest absolute Gasteiger partial charge is 0.278 e. The molecule has 0 atom stereocenters. The number of hydrogen-bond donors (Lipinski definition) is 0. The van der Waals surface area contributed by atoms with Crippen molar-refractivity contribution in [1.82, 2.24) is 9.88 Å². The van der Waals surface area contributed by atoms with Gasteiger partial charge in [0.2, 0.25) is 0 Å². The highest BCUT2D eigenvalue weighted by Crippen LogP contribution is 2.26. The minimum absolute atomic E-state index is 0.361. The first-order valence-corrected chi connectivity index (χ1v) is 8.85. The predicted octanol–water partition coefficient (Wildman–Crippen LogP) is 3.17. The van der Waals surface area contributed by atoms with Crippen LogP contribution in [0, 0.1) is 0 Å². The van der Waals surface area contributed by atoms with Crippen LogP contribution in [0.2, 0.25) is 0 Å². The number of amidine groups is 1. The van der Waals surface area contributed by atoms with E-state index in [0.717, 1.165) is 16.5 Å². The lowest BCUT2D eigenvalue weighted by atomic mass is 10.0. The van der Waals surface area contributed by atoms with E-state index in [1.807, 2.05) is 54.6 Å². The Balaban J connectivity index is 1.72. The molecule has 1 aromatic heterocycles. The zero-order valence-corrected chi connectivity index (χ0v) is 13.4. The Hall–Kier alpha value is -2.99. The summed E-state index contributed by atoms with van der Waals surface area (Å²) in [6.45, 7) is 0. The fourth-order valence-electron chi connectivity index (χ4n) is 2.58. The van der Waals surface area contributed by atoms with Gasteiger partial charge >= 0.3 is 0 Å². The van der Waals surface area contributed by atoms with Gasteiger partial charge in [-0.05, 0) is 23.8 Å². The number of nitrogens with zero attached hydrogens (tertiary/aromatic N) is 3. The van der Waals surface area contributed by atoms with E-state index in [9.17, 15) is 8.42 Å². The fraction of sp³-hybridized carbons (Fsp3) is 0. The highest BCUT2D eigenvalue weighted by atomic mass is 32.2. The van der Waals surface area contributed by atoms with E-state index in [4.69, 9.17) is 0 Å². The Morgan fingerprint density at radius 1 is 0.917 bits per heavy atom. The van der Waals surface area contributed by atoms with E-state index < -0.39 is 10.0 Å². The van der Waals surface area contributed by atoms with Crippen LogP contribution >= 0.6 is 0 Å². The van der Waals surface area contributed by atoms with Gasteiger partial charge in [-0.1, -0.05) is 36.4 Å². The molecule has 0 bridgehead atoms. The number of benzene rings is 1. The Bertz CT molecular complexity index is 1000. The number of aromatic nitrogens is 1. The van der Waals surface area contributed by atoms with Gasteiger partial charge in [0.25, 0.3) is 10.0 Å². The molecule has 24 heavy (non-hydrogen) atoms. The van der Waals surface area contributed by atoms with Crippen molar-refractivity contribution in [3.8, 4) is 11.1 Å². The Morgan fingerprint density at radius 2 is 1.75 bits per heavy atom. The minimum atomic E-state index is -3.58. The monoisotopic (exact) mass is 335 g/mol. The summed E-state index contributed by atoms with van der Waals surface area (Å²) in [4.78, 5) is 6.16. The average Bonchev–Trinajstić information content (AvgIpc) is 2.61. The van der Waals surface area contributed by atoms with E-state index in [2.05, 4.69) is 9.38 Å². The van der Waals surface area contributed by atoms with E-state index in [0.29, 0.717) is 17.1 Å². The van der Waals surface area contributed by atoms with Crippen LogP contribution in [0.25, 0.3) is 16.7 Å². The molecule has 2 aromatic rings. The molecule has 6 heteroatoms. The Labute approximate surface area is 140 Å². The second kappa shape index (κ2) is 5.58. The van der Waals surface area contributed by atoms with Gasteiger partial charge in [-0.15, -0.1) is 4.40 Å². The van der Waals surface area contributed by atoms with Crippen molar-refractivity contribution in [3.05, 3.63) is 84.3 Å². The second-order valence-corrected chi connectivity index (χ2v) is 6.83. The van der Waals surface area contributed by atoms with Crippen molar-refractivity contribution in [1.29, 1.82) is 0 Å². The number of pyridine rings is 1. The summed E-state index contributed by atoms with van der Waals surface area (Å²) in [5.74, 6) is 0.361. The second-order valence-electron chi connectivity index (χ2n) is 5.34. The van der Waals surface area contributed by atoms with Gasteiger partial charge in [0.15, 0.2) is 5.84 Å². The van der Waals surface area contributed by atoms with Gasteiger partial charge in [0.05, 0.1) is 11.1 Å². The summed E-state index contributed by atoms with van der Waals surface area (Å²) in [5.41, 5.74) is 3.43. The Morgan fingerprint density at radius 3 is 2.50 bits per heavy atom. The topological polar surface area (TPSA) is 62.6 Å². The number of fused-ring (bicyclic) bond motifs is 1. The Kier molecular flexibility index (Phi) is 3.39. The molecule has 4 rings (SSSR count). The predicted molar refractivity (Wildman–Crippen MR) is 94.1 cm³/mol. The van der Waals surface area contributed by atoms with Crippen molar-refractivity contribution in [2.45, 2.75) is 0 Å². The molecule has 1 aromatic carbocycles. The van der Waals surface area contributed by atoms with Crippen molar-refractivity contribution in [3.63, 3.8) is 0 Å². The SMILES string of the molecule is O=S1(=O)C=CN2C=CC=C(c3ccc(-c4ccccc4)cn3)C2=N1. The van der Waals surface area contributed by atoms with Crippen LogP contribution in [-0.2, 0) is 10.0 Å². The van der Waals surface area contributed by atoms with Crippen LogP contribution in [0.3, 0.4) is 0 Å². The summed E-state index contributed by atoms with van der Waals surface area (Å²) in [6, 6.07) is 13.8. The molecule has 0 saturated carbocycles. The van der Waals surface area contributed by atoms with E-state index in [1.165, 1.54) is 6.20 Å². The van der Waals surface area contributed by atoms with Crippen LogP contribution < -0.4 is 0 Å². The molecule has 118 valence electrons. The number of rotatable bonds is 2. The van der Waals surface area contributed by atoms with E-state index in [-0.39, 0.29) is 0 Å². The van der Waals surface area contributed by atoms with Crippen LogP contribution in [0.4, 0.5) is 0 Å². The minimum Gasteiger partial charge on any atom is -0.307 e. The van der Waals surface area contributed by atoms with Crippen LogP contribution in [0.1, 0.15) is 5.69 Å². The first kappa shape index (κ1) is 14.6. The normalized spacial score (nSPS) is 17.9. The van der Waals surface area contributed by atoms with Gasteiger partial charge in [-0.3, -0.25) is 4.98 Å². The van der Waals surface area contributed by atoms with Crippen molar-refractivity contribution >= 4 is 21.4 Å². The van der Waals surface area contributed by atoms with E-state index >= 15 is 0 Å². The fourth-order valence-corrected chi connectivity index (χ4v) is 3.36. The quantitative estimate of drug-likeness (QED) is 0.846. The highest BCUT2D eigenvalue weighted by molar-refractivity contribution is 7.93. The molecule has 0 fully saturated rings. The zero-order chi connectivity index (χ0) is 16.6. The molecule has 0 radical (unpaired) electrons. The first-order valence-electron chi connectivity index (χ1n) is 7.35. The molecule has 5 nitrogen and oxygen atoms in total. The largest absolute Gasteiger partial charge is 0.307 e. The maximum absolute atomic E-state index is 11.7. The maximum atomic E-state index is 11.7. The third-order valence-electron chi connectivity index (χ3n) is 3.75. The molecule has 0 unspecified atom stereocenters. The third kappa shape index (κ3) is 2.68. The maximum Gasteiger partial charge on any atom is 0.278 e. The third-order valence-corrected chi connectivity index (χ3v) is 4.64. The number of allylic oxidation sites excluding steroid dienone is 2. The molecule has 2 aliphatic rings. The summed E-state index contributed by atoms with van der Waals surface area (Å²) in [6.07, 6.45) is 8.67. The highest BCUT2D eigenvalue weighted by Gasteiger charge is 2.24. The lowest BCUT2D eigenvalue weighted by Crippen LogP contribution is -2.27. The molecular formula is C18H13N3O2S. The van der Waals surface area contributed by atoms with Crippen molar-refractivity contribution in [2.24, 2.45) is 4.40 Å². The first-order chi connectivity index (χ1) is 11.6. The van der Waals surface area contributed by atoms with E-state index in [1.54, 1.807) is 17.3 Å². The lowest BCUT2D eigenvalue weighted by molar-refractivity contribution is 0.602. The molecule has 3 heterocycles. The van der Waals surface area contributed by atoms with Gasteiger partial charge in [0.1, 0.15) is 0 Å². The molecule has 0 N–H and O–H groups in total. The van der Waals surface area contributed by atoms with Crippen molar-refractivity contribution in [2.75, 3.05) is 0 Å². The molecule has 2 aliphatic heterocycles. The number of hydrogen-bond acceptors (Lipinski definition) is 4. The molecular weight excluding hydrogens is 322 g/mol. The summed E-state index contributed by atoms with van der Waals surface area (Å²) < 4.78 is 27.3. The molecule has 0 saturated heterocycles. The van der Waals surface area contributed by atoms with Gasteiger partial charge in [0, 0.05) is 29.7 Å². The van der Waals surface area contributed by atoms with Gasteiger partial charge < -0.3 is 4.90 Å². The van der Waals surface area contributed by atoms with Crippen molar-refractivity contribution < 1.29 is 8.42 Å². The average molecular weight is 335 g/mol. The molecule has 0 amide bonds. The van der Waals surface area contributed by atoms with Crippen LogP contribution in [-0.4, -0.2) is 24.1 Å². The zero-order valence-electron chi connectivity index (χ0n) is 12.6. The molecule has 0 spiro atoms. The van der Waals surface area contributed by atoms with Gasteiger partial charge in [-0.2, -0.15) is 8.42 Å². The number of sulfonamides is 1. The molecule has 0 aliphatic carbocycles. The summed E-state index contributed by atoms with van der Waals surface area (Å²) in [5, 5.41) is 1.08. The van der Waals surface area contributed by atoms with Gasteiger partial charge in [-0.25, -0.2) is 0 Å². The lowest BCUT2D eigenvalue weighted by Gasteiger charge is -2.24. The van der Waals surface area contributed by atoms with Crippen LogP contribution in [0.15, 0.2) is 83.0 Å².